The molecule has 0 N–H and O–H groups in total. The lowest BCUT2D eigenvalue weighted by molar-refractivity contribution is -0.228. The third-order valence-corrected chi connectivity index (χ3v) is 7.33. The van der Waals surface area contributed by atoms with Gasteiger partial charge in [-0.3, -0.25) is 0 Å². The zero-order valence-corrected chi connectivity index (χ0v) is 16.6. The Morgan fingerprint density at radius 1 is 1.21 bits per heavy atom. The molecule has 0 aromatic heterocycles. The molecule has 1 aliphatic carbocycles. The molecule has 2 heterocycles. The minimum absolute atomic E-state index is 0.272. The smallest absolute Gasteiger partial charge is 0.171 e. The summed E-state index contributed by atoms with van der Waals surface area (Å²) in [4.78, 5) is 2.59. The molecule has 0 aromatic carbocycles. The van der Waals surface area contributed by atoms with Gasteiger partial charge in [0.05, 0.1) is 12.7 Å². The second-order valence-corrected chi connectivity index (χ2v) is 9.58. The lowest BCUT2D eigenvalue weighted by atomic mass is 9.65. The summed E-state index contributed by atoms with van der Waals surface area (Å²) in [6, 6.07) is 0. The molecule has 0 radical (unpaired) electrons. The molecular weight excluding hydrogens is 298 g/mol. The van der Waals surface area contributed by atoms with Gasteiger partial charge in [-0.15, -0.1) is 0 Å². The first-order valence-corrected chi connectivity index (χ1v) is 10.4. The van der Waals surface area contributed by atoms with Crippen molar-refractivity contribution in [3.63, 3.8) is 0 Å². The van der Waals surface area contributed by atoms with Gasteiger partial charge in [0.2, 0.25) is 0 Å². The van der Waals surface area contributed by atoms with Gasteiger partial charge in [-0.1, -0.05) is 41.0 Å². The summed E-state index contributed by atoms with van der Waals surface area (Å²) in [6.45, 7) is 16.2. The van der Waals surface area contributed by atoms with E-state index in [9.17, 15) is 0 Å². The second kappa shape index (κ2) is 7.25. The molecule has 3 heteroatoms. The fourth-order valence-electron chi connectivity index (χ4n) is 5.15. The Bertz CT molecular complexity index is 424. The Labute approximate surface area is 149 Å². The highest BCUT2D eigenvalue weighted by Crippen LogP contribution is 2.49. The van der Waals surface area contributed by atoms with E-state index in [1.54, 1.807) is 0 Å². The monoisotopic (exact) mass is 337 g/mol. The van der Waals surface area contributed by atoms with E-state index in [0.29, 0.717) is 11.3 Å². The predicted molar refractivity (Wildman–Crippen MR) is 99.0 cm³/mol. The Kier molecular flexibility index (Phi) is 5.64. The number of hydrogen-bond donors (Lipinski definition) is 0. The third-order valence-electron chi connectivity index (χ3n) is 7.33. The minimum atomic E-state index is -0.285. The van der Waals surface area contributed by atoms with Crippen LogP contribution in [0.3, 0.4) is 0 Å². The maximum absolute atomic E-state index is 6.57. The van der Waals surface area contributed by atoms with Crippen LogP contribution in [0.15, 0.2) is 0 Å². The molecule has 24 heavy (non-hydrogen) atoms. The number of piperidine rings is 1. The van der Waals surface area contributed by atoms with Crippen LogP contribution in [0.2, 0.25) is 0 Å². The molecule has 5 atom stereocenters. The topological polar surface area (TPSA) is 21.7 Å². The van der Waals surface area contributed by atoms with Gasteiger partial charge in [0, 0.05) is 25.4 Å². The van der Waals surface area contributed by atoms with Crippen LogP contribution in [0.25, 0.3) is 0 Å². The first kappa shape index (κ1) is 18.7. The molecule has 2 aliphatic heterocycles. The number of ether oxygens (including phenoxy) is 2. The van der Waals surface area contributed by atoms with Crippen molar-refractivity contribution in [1.82, 2.24) is 4.90 Å². The average molecular weight is 338 g/mol. The van der Waals surface area contributed by atoms with Crippen LogP contribution in [0.1, 0.15) is 73.1 Å². The number of likely N-dealkylation sites (tertiary alicyclic amines) is 1. The highest BCUT2D eigenvalue weighted by Gasteiger charge is 2.50. The van der Waals surface area contributed by atoms with E-state index in [1.807, 2.05) is 0 Å². The maximum atomic E-state index is 6.57. The van der Waals surface area contributed by atoms with Crippen LogP contribution in [0.4, 0.5) is 0 Å². The van der Waals surface area contributed by atoms with Crippen molar-refractivity contribution in [3.05, 3.63) is 0 Å². The lowest BCUT2D eigenvalue weighted by Gasteiger charge is -2.46. The molecule has 0 amide bonds. The van der Waals surface area contributed by atoms with Crippen molar-refractivity contribution < 1.29 is 9.47 Å². The molecular formula is C21H39NO2. The van der Waals surface area contributed by atoms with Crippen molar-refractivity contribution in [1.29, 1.82) is 0 Å². The van der Waals surface area contributed by atoms with Gasteiger partial charge in [-0.2, -0.15) is 0 Å². The van der Waals surface area contributed by atoms with Gasteiger partial charge >= 0.3 is 0 Å². The molecule has 3 fully saturated rings. The molecule has 1 saturated carbocycles. The maximum Gasteiger partial charge on any atom is 0.171 e. The van der Waals surface area contributed by atoms with E-state index in [4.69, 9.17) is 9.47 Å². The van der Waals surface area contributed by atoms with E-state index in [0.717, 1.165) is 31.4 Å². The fourth-order valence-corrected chi connectivity index (χ4v) is 5.15. The summed E-state index contributed by atoms with van der Waals surface area (Å²) in [5.74, 6) is 1.86. The highest BCUT2D eigenvalue weighted by atomic mass is 16.7. The van der Waals surface area contributed by atoms with Gasteiger partial charge in [-0.25, -0.2) is 0 Å². The Hall–Kier alpha value is -0.120. The van der Waals surface area contributed by atoms with Gasteiger partial charge in [-0.05, 0) is 49.5 Å². The summed E-state index contributed by atoms with van der Waals surface area (Å²) in [6.07, 6.45) is 7.82. The van der Waals surface area contributed by atoms with Crippen LogP contribution in [0, 0.1) is 23.2 Å². The lowest BCUT2D eigenvalue weighted by Crippen LogP contribution is -2.46. The first-order chi connectivity index (χ1) is 11.3. The Morgan fingerprint density at radius 3 is 2.67 bits per heavy atom. The molecule has 0 bridgehead atoms. The van der Waals surface area contributed by atoms with Crippen molar-refractivity contribution in [2.75, 3.05) is 26.2 Å². The van der Waals surface area contributed by atoms with Gasteiger partial charge in [0.25, 0.3) is 0 Å². The number of hydrogen-bond acceptors (Lipinski definition) is 3. The third kappa shape index (κ3) is 3.83. The molecule has 0 aromatic rings. The first-order valence-electron chi connectivity index (χ1n) is 10.4. The summed E-state index contributed by atoms with van der Waals surface area (Å²) in [5, 5.41) is 0. The average Bonchev–Trinajstić information content (AvgIpc) is 2.94. The zero-order valence-electron chi connectivity index (χ0n) is 16.6. The molecule has 5 unspecified atom stereocenters. The SMILES string of the molecule is CCC(C)(C)C1CCC2(OCC(CN3CCCC(C)C3)O2)C(C)C1. The van der Waals surface area contributed by atoms with E-state index >= 15 is 0 Å². The van der Waals surface area contributed by atoms with E-state index in [-0.39, 0.29) is 11.9 Å². The summed E-state index contributed by atoms with van der Waals surface area (Å²) >= 11 is 0. The van der Waals surface area contributed by atoms with Gasteiger partial charge in [0.1, 0.15) is 0 Å². The Balaban J connectivity index is 1.54. The van der Waals surface area contributed by atoms with Crippen molar-refractivity contribution in [2.24, 2.45) is 23.2 Å². The van der Waals surface area contributed by atoms with E-state index < -0.39 is 0 Å². The molecule has 3 rings (SSSR count). The van der Waals surface area contributed by atoms with Crippen LogP contribution < -0.4 is 0 Å². The summed E-state index contributed by atoms with van der Waals surface area (Å²) in [7, 11) is 0. The molecule has 3 nitrogen and oxygen atoms in total. The normalized spacial score (nSPS) is 41.9. The second-order valence-electron chi connectivity index (χ2n) is 9.58. The van der Waals surface area contributed by atoms with Crippen molar-refractivity contribution in [3.8, 4) is 0 Å². The zero-order chi connectivity index (χ0) is 17.4. The van der Waals surface area contributed by atoms with Crippen molar-refractivity contribution >= 4 is 0 Å². The minimum Gasteiger partial charge on any atom is -0.347 e. The van der Waals surface area contributed by atoms with Crippen LogP contribution >= 0.6 is 0 Å². The molecule has 140 valence electrons. The number of nitrogens with zero attached hydrogens (tertiary/aromatic N) is 1. The molecule has 2 saturated heterocycles. The molecule has 1 spiro atoms. The van der Waals surface area contributed by atoms with Crippen LogP contribution in [-0.2, 0) is 9.47 Å². The van der Waals surface area contributed by atoms with Crippen LogP contribution in [0.5, 0.6) is 0 Å². The quantitative estimate of drug-likeness (QED) is 0.742. The number of rotatable bonds is 4. The standard InChI is InChI=1S/C21H39NO2/c1-6-20(4,5)18-9-10-21(17(3)12-18)23-15-19(24-21)14-22-11-7-8-16(2)13-22/h16-19H,6-15H2,1-5H3. The predicted octanol–water partition coefficient (Wildman–Crippen LogP) is 4.70. The van der Waals surface area contributed by atoms with Gasteiger partial charge in [0.15, 0.2) is 5.79 Å². The van der Waals surface area contributed by atoms with Gasteiger partial charge < -0.3 is 14.4 Å². The van der Waals surface area contributed by atoms with Crippen LogP contribution in [-0.4, -0.2) is 43.0 Å². The van der Waals surface area contributed by atoms with E-state index in [1.165, 1.54) is 45.2 Å². The van der Waals surface area contributed by atoms with E-state index in [2.05, 4.69) is 39.5 Å². The summed E-state index contributed by atoms with van der Waals surface area (Å²) in [5.41, 5.74) is 0.442. The fraction of sp³-hybridized carbons (Fsp3) is 1.00. The Morgan fingerprint density at radius 2 is 2.00 bits per heavy atom. The highest BCUT2D eigenvalue weighted by molar-refractivity contribution is 4.94. The molecule has 3 aliphatic rings. The van der Waals surface area contributed by atoms with Crippen molar-refractivity contribution in [2.45, 2.75) is 85.0 Å². The summed E-state index contributed by atoms with van der Waals surface area (Å²) < 4.78 is 12.9. The largest absolute Gasteiger partial charge is 0.347 e.